The molecule has 17 heavy (non-hydrogen) atoms. The van der Waals surface area contributed by atoms with Gasteiger partial charge in [-0.15, -0.1) is 0 Å². The lowest BCUT2D eigenvalue weighted by atomic mass is 9.67. The average Bonchev–Trinajstić information content (AvgIpc) is 2.26. The third kappa shape index (κ3) is 2.14. The molecule has 0 bridgehead atoms. The van der Waals surface area contributed by atoms with E-state index in [2.05, 4.69) is 5.16 Å². The fourth-order valence-corrected chi connectivity index (χ4v) is 2.11. The molecule has 1 aromatic carbocycles. The Kier molecular flexibility index (Phi) is 2.85. The fourth-order valence-electron chi connectivity index (χ4n) is 2.11. The molecule has 2 rings (SSSR count). The Morgan fingerprint density at radius 3 is 2.41 bits per heavy atom. The average molecular weight is 235 g/mol. The Morgan fingerprint density at radius 2 is 1.94 bits per heavy atom. The van der Waals surface area contributed by atoms with Gasteiger partial charge in [0.05, 0.1) is 17.7 Å². The monoisotopic (exact) mass is 235 g/mol. The first kappa shape index (κ1) is 11.6. The molecule has 5 nitrogen and oxygen atoms in total. The second-order valence-corrected chi connectivity index (χ2v) is 4.34. The van der Waals surface area contributed by atoms with Gasteiger partial charge in [0.25, 0.3) is 0 Å². The van der Waals surface area contributed by atoms with Gasteiger partial charge in [0, 0.05) is 0 Å². The number of benzene rings is 1. The topological polar surface area (TPSA) is 90.1 Å². The normalized spacial score (nSPS) is 27.9. The van der Waals surface area contributed by atoms with E-state index in [1.165, 1.54) is 6.21 Å². The molecule has 0 aliphatic heterocycles. The standard InChI is InChI=1S/C12H13NO4/c14-11(15)9-5-12(16,6-9)10-3-1-8(2-4-10)7-13-17/h1-4,7,9,16-17H,5-6H2,(H,14,15). The lowest BCUT2D eigenvalue weighted by Gasteiger charge is -2.41. The van der Waals surface area contributed by atoms with Gasteiger partial charge >= 0.3 is 5.97 Å². The fraction of sp³-hybridized carbons (Fsp3) is 0.333. The second-order valence-electron chi connectivity index (χ2n) is 4.34. The van der Waals surface area contributed by atoms with Crippen LogP contribution in [0.25, 0.3) is 0 Å². The number of aliphatic hydroxyl groups is 1. The maximum Gasteiger partial charge on any atom is 0.306 e. The molecule has 0 heterocycles. The molecule has 0 spiro atoms. The number of hydrogen-bond donors (Lipinski definition) is 3. The van der Waals surface area contributed by atoms with Crippen molar-refractivity contribution in [2.75, 3.05) is 0 Å². The van der Waals surface area contributed by atoms with E-state index < -0.39 is 17.5 Å². The highest BCUT2D eigenvalue weighted by Crippen LogP contribution is 2.45. The summed E-state index contributed by atoms with van der Waals surface area (Å²) in [6, 6.07) is 6.85. The zero-order chi connectivity index (χ0) is 12.5. The van der Waals surface area contributed by atoms with Crippen LogP contribution in [0, 0.1) is 5.92 Å². The van der Waals surface area contributed by atoms with Crippen molar-refractivity contribution in [3.8, 4) is 0 Å². The number of rotatable bonds is 3. The summed E-state index contributed by atoms with van der Waals surface area (Å²) in [5.41, 5.74) is 0.386. The molecule has 0 amide bonds. The van der Waals surface area contributed by atoms with Crippen LogP contribution in [-0.2, 0) is 10.4 Å². The van der Waals surface area contributed by atoms with E-state index in [9.17, 15) is 9.90 Å². The van der Waals surface area contributed by atoms with Gasteiger partial charge in [0.15, 0.2) is 0 Å². The van der Waals surface area contributed by atoms with Crippen molar-refractivity contribution in [2.24, 2.45) is 11.1 Å². The minimum atomic E-state index is -1.03. The third-order valence-corrected chi connectivity index (χ3v) is 3.17. The van der Waals surface area contributed by atoms with Crippen molar-refractivity contribution in [3.05, 3.63) is 35.4 Å². The molecule has 0 saturated heterocycles. The van der Waals surface area contributed by atoms with E-state index >= 15 is 0 Å². The summed E-state index contributed by atoms with van der Waals surface area (Å²) in [6.45, 7) is 0. The van der Waals surface area contributed by atoms with Crippen LogP contribution in [0.5, 0.6) is 0 Å². The molecular formula is C12H13NO4. The number of carbonyl (C=O) groups is 1. The lowest BCUT2D eigenvalue weighted by molar-refractivity contribution is -0.159. The van der Waals surface area contributed by atoms with Gasteiger partial charge in [0.2, 0.25) is 0 Å². The summed E-state index contributed by atoms with van der Waals surface area (Å²) in [5, 5.41) is 30.2. The van der Waals surface area contributed by atoms with Crippen LogP contribution in [0.15, 0.2) is 29.4 Å². The molecular weight excluding hydrogens is 222 g/mol. The Hall–Kier alpha value is -1.88. The highest BCUT2D eigenvalue weighted by atomic mass is 16.4. The van der Waals surface area contributed by atoms with E-state index in [-0.39, 0.29) is 12.8 Å². The predicted octanol–water partition coefficient (Wildman–Crippen LogP) is 1.18. The number of hydrogen-bond acceptors (Lipinski definition) is 4. The van der Waals surface area contributed by atoms with Crippen LogP contribution in [0.4, 0.5) is 0 Å². The Balaban J connectivity index is 2.11. The van der Waals surface area contributed by atoms with Crippen LogP contribution in [0.2, 0.25) is 0 Å². The summed E-state index contributed by atoms with van der Waals surface area (Å²) in [5.74, 6) is -1.32. The highest BCUT2D eigenvalue weighted by Gasteiger charge is 2.47. The molecule has 90 valence electrons. The first-order chi connectivity index (χ1) is 8.05. The first-order valence-corrected chi connectivity index (χ1v) is 5.28. The second kappa shape index (κ2) is 4.18. The van der Waals surface area contributed by atoms with Crippen molar-refractivity contribution >= 4 is 12.2 Å². The SMILES string of the molecule is O=C(O)C1CC(O)(c2ccc(C=NO)cc2)C1. The van der Waals surface area contributed by atoms with Gasteiger partial charge in [-0.05, 0) is 24.0 Å². The first-order valence-electron chi connectivity index (χ1n) is 5.28. The minimum Gasteiger partial charge on any atom is -0.481 e. The van der Waals surface area contributed by atoms with E-state index in [0.717, 1.165) is 0 Å². The summed E-state index contributed by atoms with van der Waals surface area (Å²) in [7, 11) is 0. The third-order valence-electron chi connectivity index (χ3n) is 3.17. The molecule has 1 aliphatic carbocycles. The molecule has 0 atom stereocenters. The maximum absolute atomic E-state index is 10.7. The van der Waals surface area contributed by atoms with Crippen LogP contribution in [0.3, 0.4) is 0 Å². The van der Waals surface area contributed by atoms with Gasteiger partial charge in [-0.25, -0.2) is 0 Å². The van der Waals surface area contributed by atoms with Crippen molar-refractivity contribution in [1.29, 1.82) is 0 Å². The molecule has 3 N–H and O–H groups in total. The van der Waals surface area contributed by atoms with Gasteiger partial charge < -0.3 is 15.4 Å². The van der Waals surface area contributed by atoms with Crippen LogP contribution < -0.4 is 0 Å². The Bertz CT molecular complexity index is 446. The molecule has 0 aromatic heterocycles. The van der Waals surface area contributed by atoms with Crippen molar-refractivity contribution in [2.45, 2.75) is 18.4 Å². The van der Waals surface area contributed by atoms with Crippen LogP contribution >= 0.6 is 0 Å². The number of carboxylic acid groups (broad SMARTS) is 1. The van der Waals surface area contributed by atoms with Crippen LogP contribution in [0.1, 0.15) is 24.0 Å². The zero-order valence-electron chi connectivity index (χ0n) is 9.08. The van der Waals surface area contributed by atoms with Gasteiger partial charge in [-0.1, -0.05) is 29.4 Å². The summed E-state index contributed by atoms with van der Waals surface area (Å²) in [6.07, 6.45) is 1.78. The summed E-state index contributed by atoms with van der Waals surface area (Å²) < 4.78 is 0. The van der Waals surface area contributed by atoms with Crippen molar-refractivity contribution in [3.63, 3.8) is 0 Å². The molecule has 1 fully saturated rings. The smallest absolute Gasteiger partial charge is 0.306 e. The number of carboxylic acids is 1. The number of nitrogens with zero attached hydrogens (tertiary/aromatic N) is 1. The minimum absolute atomic E-state index is 0.246. The van der Waals surface area contributed by atoms with Crippen molar-refractivity contribution < 1.29 is 20.2 Å². The quantitative estimate of drug-likeness (QED) is 0.417. The molecule has 0 radical (unpaired) electrons. The van der Waals surface area contributed by atoms with E-state index in [0.29, 0.717) is 11.1 Å². The zero-order valence-corrected chi connectivity index (χ0v) is 9.08. The van der Waals surface area contributed by atoms with Crippen molar-refractivity contribution in [1.82, 2.24) is 0 Å². The molecule has 1 aromatic rings. The maximum atomic E-state index is 10.7. The molecule has 1 saturated carbocycles. The van der Waals surface area contributed by atoms with E-state index in [4.69, 9.17) is 10.3 Å². The predicted molar refractivity (Wildman–Crippen MR) is 60.1 cm³/mol. The molecule has 1 aliphatic rings. The summed E-state index contributed by atoms with van der Waals surface area (Å²) >= 11 is 0. The van der Waals surface area contributed by atoms with Gasteiger partial charge in [-0.3, -0.25) is 4.79 Å². The Labute approximate surface area is 98.0 Å². The van der Waals surface area contributed by atoms with E-state index in [1.54, 1.807) is 24.3 Å². The summed E-state index contributed by atoms with van der Waals surface area (Å²) in [4.78, 5) is 10.7. The van der Waals surface area contributed by atoms with Gasteiger partial charge in [0.1, 0.15) is 0 Å². The largest absolute Gasteiger partial charge is 0.481 e. The highest BCUT2D eigenvalue weighted by molar-refractivity contribution is 5.79. The lowest BCUT2D eigenvalue weighted by Crippen LogP contribution is -2.44. The van der Waals surface area contributed by atoms with E-state index in [1.807, 2.05) is 0 Å². The number of aliphatic carboxylic acids is 1. The molecule has 5 heteroatoms. The number of oxime groups is 1. The van der Waals surface area contributed by atoms with Crippen LogP contribution in [-0.4, -0.2) is 27.6 Å². The molecule has 0 unspecified atom stereocenters. The Morgan fingerprint density at radius 1 is 1.35 bits per heavy atom. The van der Waals surface area contributed by atoms with Gasteiger partial charge in [-0.2, -0.15) is 0 Å².